The highest BCUT2D eigenvalue weighted by Gasteiger charge is 2.00. The predicted octanol–water partition coefficient (Wildman–Crippen LogP) is 5.21. The van der Waals surface area contributed by atoms with Gasteiger partial charge in [0, 0.05) is 14.5 Å². The molecule has 2 rings (SSSR count). The van der Waals surface area contributed by atoms with Crippen LogP contribution in [-0.4, -0.2) is 13.2 Å². The molecule has 0 radical (unpaired) electrons. The first kappa shape index (κ1) is 14.5. The second kappa shape index (κ2) is 7.04. The summed E-state index contributed by atoms with van der Waals surface area (Å²) in [6, 6.07) is 12.7. The maximum atomic E-state index is 5.88. The lowest BCUT2D eigenvalue weighted by Crippen LogP contribution is -2.08. The molecule has 2 aromatic carbocycles. The van der Waals surface area contributed by atoms with Crippen molar-refractivity contribution in [1.82, 2.24) is 0 Å². The lowest BCUT2D eigenvalue weighted by atomic mass is 10.3. The van der Waals surface area contributed by atoms with Gasteiger partial charge in [0.05, 0.1) is 0 Å². The van der Waals surface area contributed by atoms with Gasteiger partial charge in [-0.1, -0.05) is 45.2 Å². The Morgan fingerprint density at radius 1 is 0.842 bits per heavy atom. The first-order valence-corrected chi connectivity index (χ1v) is 7.15. The van der Waals surface area contributed by atoms with E-state index < -0.39 is 0 Å². The van der Waals surface area contributed by atoms with Gasteiger partial charge in [0.25, 0.3) is 0 Å². The van der Waals surface area contributed by atoms with E-state index >= 15 is 0 Å². The average molecular weight is 362 g/mol. The SMILES string of the molecule is Clc1cc(Cl)cc(OCCOc2cccc(Br)c2)c1. The van der Waals surface area contributed by atoms with Crippen LogP contribution in [0.3, 0.4) is 0 Å². The highest BCUT2D eigenvalue weighted by Crippen LogP contribution is 2.24. The standard InChI is InChI=1S/C14H11BrCl2O2/c15-10-2-1-3-13(6-10)18-4-5-19-14-8-11(16)7-12(17)9-14/h1-3,6-9H,4-5H2. The van der Waals surface area contributed by atoms with Crippen LogP contribution in [0.25, 0.3) is 0 Å². The lowest BCUT2D eigenvalue weighted by molar-refractivity contribution is 0.217. The van der Waals surface area contributed by atoms with Crippen molar-refractivity contribution in [3.05, 3.63) is 57.0 Å². The number of rotatable bonds is 5. The highest BCUT2D eigenvalue weighted by atomic mass is 79.9. The predicted molar refractivity (Wildman–Crippen MR) is 81.6 cm³/mol. The number of benzene rings is 2. The zero-order valence-corrected chi connectivity index (χ0v) is 13.0. The highest BCUT2D eigenvalue weighted by molar-refractivity contribution is 9.10. The molecule has 100 valence electrons. The molecule has 0 aromatic heterocycles. The summed E-state index contributed by atoms with van der Waals surface area (Å²) < 4.78 is 12.0. The molecule has 0 heterocycles. The van der Waals surface area contributed by atoms with Gasteiger partial charge in [0.1, 0.15) is 24.7 Å². The number of hydrogen-bond donors (Lipinski definition) is 0. The third kappa shape index (κ3) is 4.94. The van der Waals surface area contributed by atoms with Crippen LogP contribution in [-0.2, 0) is 0 Å². The van der Waals surface area contributed by atoms with Gasteiger partial charge in [-0.3, -0.25) is 0 Å². The fraction of sp³-hybridized carbons (Fsp3) is 0.143. The molecular weight excluding hydrogens is 351 g/mol. The molecule has 0 aliphatic rings. The number of hydrogen-bond acceptors (Lipinski definition) is 2. The molecule has 0 bridgehead atoms. The van der Waals surface area contributed by atoms with Crippen LogP contribution in [0.5, 0.6) is 11.5 Å². The smallest absolute Gasteiger partial charge is 0.122 e. The molecule has 0 saturated heterocycles. The van der Waals surface area contributed by atoms with Gasteiger partial charge in [0.15, 0.2) is 0 Å². The third-order valence-electron chi connectivity index (χ3n) is 2.25. The van der Waals surface area contributed by atoms with Crippen molar-refractivity contribution >= 4 is 39.1 Å². The Morgan fingerprint density at radius 3 is 2.11 bits per heavy atom. The summed E-state index contributed by atoms with van der Waals surface area (Å²) in [6.45, 7) is 0.865. The van der Waals surface area contributed by atoms with E-state index in [1.165, 1.54) is 0 Å². The van der Waals surface area contributed by atoms with Gasteiger partial charge in [-0.2, -0.15) is 0 Å². The van der Waals surface area contributed by atoms with Crippen molar-refractivity contribution in [2.45, 2.75) is 0 Å². The molecule has 0 amide bonds. The average Bonchev–Trinajstić information content (AvgIpc) is 2.34. The normalized spacial score (nSPS) is 10.3. The monoisotopic (exact) mass is 360 g/mol. The molecule has 5 heteroatoms. The first-order valence-electron chi connectivity index (χ1n) is 5.61. The molecule has 0 unspecified atom stereocenters. The summed E-state index contributed by atoms with van der Waals surface area (Å²) >= 11 is 15.1. The zero-order chi connectivity index (χ0) is 13.7. The van der Waals surface area contributed by atoms with E-state index in [2.05, 4.69) is 15.9 Å². The van der Waals surface area contributed by atoms with E-state index in [1.54, 1.807) is 18.2 Å². The first-order chi connectivity index (χ1) is 9.13. The van der Waals surface area contributed by atoms with Gasteiger partial charge in [-0.15, -0.1) is 0 Å². The minimum atomic E-state index is 0.420. The van der Waals surface area contributed by atoms with Crippen molar-refractivity contribution in [3.8, 4) is 11.5 Å². The zero-order valence-electron chi connectivity index (χ0n) is 9.91. The van der Waals surface area contributed by atoms with E-state index in [1.807, 2.05) is 24.3 Å². The molecule has 0 fully saturated rings. The summed E-state index contributed by atoms with van der Waals surface area (Å²) in [5, 5.41) is 1.10. The van der Waals surface area contributed by atoms with Crippen LogP contribution in [0.4, 0.5) is 0 Å². The molecule has 0 aliphatic carbocycles. The third-order valence-corrected chi connectivity index (χ3v) is 3.18. The van der Waals surface area contributed by atoms with Crippen LogP contribution < -0.4 is 9.47 Å². The second-order valence-electron chi connectivity index (χ2n) is 3.76. The summed E-state index contributed by atoms with van der Waals surface area (Å²) in [6.07, 6.45) is 0. The van der Waals surface area contributed by atoms with Gasteiger partial charge in [-0.25, -0.2) is 0 Å². The molecule has 0 N–H and O–H groups in total. The molecule has 0 aliphatic heterocycles. The van der Waals surface area contributed by atoms with E-state index in [0.29, 0.717) is 29.0 Å². The summed E-state index contributed by atoms with van der Waals surface area (Å²) in [7, 11) is 0. The lowest BCUT2D eigenvalue weighted by Gasteiger charge is -2.09. The van der Waals surface area contributed by atoms with E-state index in [4.69, 9.17) is 32.7 Å². The minimum absolute atomic E-state index is 0.420. The van der Waals surface area contributed by atoms with Crippen molar-refractivity contribution in [2.24, 2.45) is 0 Å². The maximum Gasteiger partial charge on any atom is 0.122 e. The van der Waals surface area contributed by atoms with Crippen LogP contribution in [0, 0.1) is 0 Å². The van der Waals surface area contributed by atoms with Gasteiger partial charge in [-0.05, 0) is 36.4 Å². The Hall–Kier alpha value is -0.900. The molecule has 2 nitrogen and oxygen atoms in total. The number of ether oxygens (including phenoxy) is 2. The Labute approximate surface area is 130 Å². The molecule has 0 spiro atoms. The van der Waals surface area contributed by atoms with Gasteiger partial charge in [0.2, 0.25) is 0 Å². The fourth-order valence-corrected chi connectivity index (χ4v) is 2.37. The summed E-state index contributed by atoms with van der Waals surface area (Å²) in [5.41, 5.74) is 0. The van der Waals surface area contributed by atoms with Crippen LogP contribution in [0.2, 0.25) is 10.0 Å². The van der Waals surface area contributed by atoms with E-state index in [0.717, 1.165) is 10.2 Å². The van der Waals surface area contributed by atoms with Crippen molar-refractivity contribution < 1.29 is 9.47 Å². The second-order valence-corrected chi connectivity index (χ2v) is 5.55. The molecule has 0 atom stereocenters. The Bertz CT molecular complexity index is 541. The van der Waals surface area contributed by atoms with Crippen LogP contribution in [0.15, 0.2) is 46.9 Å². The quantitative estimate of drug-likeness (QED) is 0.680. The Kier molecular flexibility index (Phi) is 5.37. The van der Waals surface area contributed by atoms with Gasteiger partial charge >= 0.3 is 0 Å². The maximum absolute atomic E-state index is 5.88. The van der Waals surface area contributed by atoms with Crippen molar-refractivity contribution in [1.29, 1.82) is 0 Å². The topological polar surface area (TPSA) is 18.5 Å². The van der Waals surface area contributed by atoms with Gasteiger partial charge < -0.3 is 9.47 Å². The molecular formula is C14H11BrCl2O2. The Balaban J connectivity index is 1.80. The summed E-state index contributed by atoms with van der Waals surface area (Å²) in [4.78, 5) is 0. The van der Waals surface area contributed by atoms with Crippen molar-refractivity contribution in [3.63, 3.8) is 0 Å². The van der Waals surface area contributed by atoms with Crippen LogP contribution >= 0.6 is 39.1 Å². The van der Waals surface area contributed by atoms with Crippen molar-refractivity contribution in [2.75, 3.05) is 13.2 Å². The fourth-order valence-electron chi connectivity index (χ4n) is 1.49. The Morgan fingerprint density at radius 2 is 1.47 bits per heavy atom. The molecule has 2 aromatic rings. The largest absolute Gasteiger partial charge is 0.490 e. The minimum Gasteiger partial charge on any atom is -0.490 e. The van der Waals surface area contributed by atoms with Crippen LogP contribution in [0.1, 0.15) is 0 Å². The summed E-state index contributed by atoms with van der Waals surface area (Å²) in [5.74, 6) is 1.43. The van der Waals surface area contributed by atoms with E-state index in [-0.39, 0.29) is 0 Å². The molecule has 0 saturated carbocycles. The van der Waals surface area contributed by atoms with E-state index in [9.17, 15) is 0 Å². The molecule has 19 heavy (non-hydrogen) atoms. The number of halogens is 3.